The van der Waals surface area contributed by atoms with Crippen LogP contribution in [0.15, 0.2) is 12.2 Å². The number of allylic oxidation sites excluding steroid dienone is 1. The molecule has 0 aromatic carbocycles. The first-order valence-corrected chi connectivity index (χ1v) is 19.9. The lowest BCUT2D eigenvalue weighted by Crippen LogP contribution is -2.61. The predicted molar refractivity (Wildman–Crippen MR) is 104 cm³/mol. The Balaban J connectivity index is 5.78. The zero-order valence-electron chi connectivity index (χ0n) is 16.0. The topological polar surface area (TPSA) is 44.8 Å². The standard InChI is InChI=1S/C14H34O4Si4/c1-13(2)14(15)12-22(16-19(3,4)5,17-20(6,7)8)18-21(9,10)11/h1,12H2,2-11H3. The summed E-state index contributed by atoms with van der Waals surface area (Å²) in [4.78, 5) is 12.4. The highest BCUT2D eigenvalue weighted by Crippen LogP contribution is 2.29. The normalized spacial score (nSPS) is 14.1. The van der Waals surface area contributed by atoms with Gasteiger partial charge in [0.1, 0.15) is 0 Å². The highest BCUT2D eigenvalue weighted by molar-refractivity contribution is 6.91. The van der Waals surface area contributed by atoms with Crippen LogP contribution in [0.1, 0.15) is 6.92 Å². The fourth-order valence-electron chi connectivity index (χ4n) is 1.92. The molecule has 0 aromatic heterocycles. The summed E-state index contributed by atoms with van der Waals surface area (Å²) >= 11 is 0. The van der Waals surface area contributed by atoms with E-state index in [0.717, 1.165) is 0 Å². The van der Waals surface area contributed by atoms with Crippen molar-refractivity contribution >= 4 is 39.5 Å². The summed E-state index contributed by atoms with van der Waals surface area (Å²) in [7, 11) is -8.81. The van der Waals surface area contributed by atoms with Gasteiger partial charge in [0.05, 0.1) is 6.04 Å². The molecule has 0 fully saturated rings. The van der Waals surface area contributed by atoms with Crippen molar-refractivity contribution in [3.63, 3.8) is 0 Å². The smallest absolute Gasteiger partial charge is 0.417 e. The van der Waals surface area contributed by atoms with Gasteiger partial charge in [0.2, 0.25) is 0 Å². The maximum absolute atomic E-state index is 12.4. The number of hydrogen-bond acceptors (Lipinski definition) is 4. The summed E-state index contributed by atoms with van der Waals surface area (Å²) in [6, 6.07) is 0.209. The van der Waals surface area contributed by atoms with Crippen LogP contribution in [0, 0.1) is 0 Å². The molecule has 0 rings (SSSR count). The van der Waals surface area contributed by atoms with Gasteiger partial charge in [-0.1, -0.05) is 6.58 Å². The van der Waals surface area contributed by atoms with Crippen LogP contribution in [0.4, 0.5) is 0 Å². The third kappa shape index (κ3) is 10.0. The van der Waals surface area contributed by atoms with Gasteiger partial charge in [-0.3, -0.25) is 4.79 Å². The largest absolute Gasteiger partial charge is 0.477 e. The molecule has 0 aliphatic heterocycles. The molecule has 0 atom stereocenters. The van der Waals surface area contributed by atoms with Crippen molar-refractivity contribution in [2.24, 2.45) is 0 Å². The quantitative estimate of drug-likeness (QED) is 0.433. The maximum Gasteiger partial charge on any atom is 0.477 e. The number of Topliss-reactive ketones (excluding diaryl/α,β-unsaturated/α-hetero) is 1. The molecule has 0 heterocycles. The van der Waals surface area contributed by atoms with Crippen LogP contribution in [0.2, 0.25) is 65.0 Å². The molecule has 0 bridgehead atoms. The lowest BCUT2D eigenvalue weighted by molar-refractivity contribution is -0.114. The van der Waals surface area contributed by atoms with Crippen molar-refractivity contribution < 1.29 is 17.1 Å². The molecule has 0 saturated carbocycles. The molecular weight excluding hydrogens is 344 g/mol. The van der Waals surface area contributed by atoms with Crippen molar-refractivity contribution in [1.29, 1.82) is 0 Å². The fraction of sp³-hybridized carbons (Fsp3) is 0.786. The second kappa shape index (κ2) is 7.37. The monoisotopic (exact) mass is 378 g/mol. The van der Waals surface area contributed by atoms with Gasteiger partial charge in [0, 0.05) is 0 Å². The van der Waals surface area contributed by atoms with Crippen molar-refractivity contribution in [2.45, 2.75) is 71.9 Å². The summed E-state index contributed by atoms with van der Waals surface area (Å²) in [6.07, 6.45) is 0. The summed E-state index contributed by atoms with van der Waals surface area (Å²) in [6.45, 7) is 24.5. The Hall–Kier alpha value is 0.158. The van der Waals surface area contributed by atoms with Crippen LogP contribution in [0.3, 0.4) is 0 Å². The third-order valence-electron chi connectivity index (χ3n) is 2.24. The van der Waals surface area contributed by atoms with Gasteiger partial charge in [0.25, 0.3) is 0 Å². The van der Waals surface area contributed by atoms with E-state index in [1.54, 1.807) is 6.92 Å². The lowest BCUT2D eigenvalue weighted by Gasteiger charge is -2.42. The Labute approximate surface area is 141 Å². The molecule has 0 saturated heterocycles. The molecule has 0 aliphatic carbocycles. The van der Waals surface area contributed by atoms with E-state index in [9.17, 15) is 4.79 Å². The molecule has 0 radical (unpaired) electrons. The van der Waals surface area contributed by atoms with Crippen LogP contribution >= 0.6 is 0 Å². The molecule has 130 valence electrons. The summed E-state index contributed by atoms with van der Waals surface area (Å²) in [5, 5.41) is 0. The molecule has 22 heavy (non-hydrogen) atoms. The number of carbonyl (C=O) groups is 1. The molecule has 0 spiro atoms. The van der Waals surface area contributed by atoms with E-state index < -0.39 is 33.8 Å². The van der Waals surface area contributed by atoms with E-state index >= 15 is 0 Å². The van der Waals surface area contributed by atoms with Gasteiger partial charge in [-0.25, -0.2) is 0 Å². The van der Waals surface area contributed by atoms with Gasteiger partial charge in [0.15, 0.2) is 30.7 Å². The van der Waals surface area contributed by atoms with Crippen LogP contribution in [-0.2, 0) is 17.1 Å². The molecule has 0 amide bonds. The Morgan fingerprint density at radius 3 is 1.23 bits per heavy atom. The van der Waals surface area contributed by atoms with Crippen molar-refractivity contribution in [3.8, 4) is 0 Å². The Bertz CT molecular complexity index is 375. The summed E-state index contributed by atoms with van der Waals surface area (Å²) < 4.78 is 19.3. The Morgan fingerprint density at radius 1 is 0.773 bits per heavy atom. The van der Waals surface area contributed by atoms with E-state index in [-0.39, 0.29) is 11.8 Å². The maximum atomic E-state index is 12.4. The first-order valence-electron chi connectivity index (χ1n) is 7.74. The minimum atomic E-state index is -3.05. The molecule has 0 unspecified atom stereocenters. The Morgan fingerprint density at radius 2 is 1.05 bits per heavy atom. The van der Waals surface area contributed by atoms with Crippen LogP contribution in [-0.4, -0.2) is 39.5 Å². The zero-order valence-corrected chi connectivity index (χ0v) is 20.0. The number of carbonyl (C=O) groups excluding carboxylic acids is 1. The average molecular weight is 379 g/mol. The fourth-order valence-corrected chi connectivity index (χ4v) is 16.3. The Kier molecular flexibility index (Phi) is 7.42. The first kappa shape index (κ1) is 22.2. The van der Waals surface area contributed by atoms with Crippen molar-refractivity contribution in [2.75, 3.05) is 0 Å². The minimum Gasteiger partial charge on any atom is -0.417 e. The number of ketones is 1. The van der Waals surface area contributed by atoms with Crippen molar-refractivity contribution in [3.05, 3.63) is 12.2 Å². The molecule has 0 N–H and O–H groups in total. The summed E-state index contributed by atoms with van der Waals surface area (Å²) in [5.74, 6) is -0.0126. The number of hydrogen-bond donors (Lipinski definition) is 0. The SMILES string of the molecule is C=C(C)C(=O)C[Si](O[Si](C)(C)C)(O[Si](C)(C)C)O[Si](C)(C)C. The highest BCUT2D eigenvalue weighted by atomic mass is 28.5. The average Bonchev–Trinajstić information content (AvgIpc) is 2.06. The molecule has 8 heteroatoms. The first-order chi connectivity index (χ1) is 9.45. The zero-order chi connectivity index (χ0) is 18.0. The van der Waals surface area contributed by atoms with Crippen LogP contribution in [0.5, 0.6) is 0 Å². The molecular formula is C14H34O4Si4. The second-order valence-corrected chi connectivity index (χ2v) is 25.5. The van der Waals surface area contributed by atoms with Gasteiger partial charge in [-0.05, 0) is 71.4 Å². The van der Waals surface area contributed by atoms with Crippen LogP contribution in [0.25, 0.3) is 0 Å². The lowest BCUT2D eigenvalue weighted by atomic mass is 10.2. The van der Waals surface area contributed by atoms with Gasteiger partial charge in [-0.15, -0.1) is 0 Å². The number of rotatable bonds is 9. The van der Waals surface area contributed by atoms with E-state index in [4.69, 9.17) is 12.3 Å². The predicted octanol–water partition coefficient (Wildman–Crippen LogP) is 4.63. The molecule has 0 aliphatic rings. The molecule has 0 aromatic rings. The van der Waals surface area contributed by atoms with E-state index in [2.05, 4.69) is 65.5 Å². The van der Waals surface area contributed by atoms with Crippen LogP contribution < -0.4 is 0 Å². The summed E-state index contributed by atoms with van der Waals surface area (Å²) in [5.41, 5.74) is 0.536. The minimum absolute atomic E-state index is 0.0126. The van der Waals surface area contributed by atoms with E-state index in [1.807, 2.05) is 0 Å². The molecule has 4 nitrogen and oxygen atoms in total. The van der Waals surface area contributed by atoms with Crippen molar-refractivity contribution in [1.82, 2.24) is 0 Å². The van der Waals surface area contributed by atoms with E-state index in [0.29, 0.717) is 5.57 Å². The van der Waals surface area contributed by atoms with Gasteiger partial charge in [-0.2, -0.15) is 0 Å². The highest BCUT2D eigenvalue weighted by Gasteiger charge is 2.51. The van der Waals surface area contributed by atoms with Gasteiger partial charge < -0.3 is 12.3 Å². The van der Waals surface area contributed by atoms with E-state index in [1.165, 1.54) is 0 Å². The van der Waals surface area contributed by atoms with Gasteiger partial charge >= 0.3 is 8.80 Å². The third-order valence-corrected chi connectivity index (χ3v) is 14.1. The second-order valence-electron chi connectivity index (χ2n) is 8.71.